The average Bonchev–Trinajstić information content (AvgIpc) is 2.72. The minimum absolute atomic E-state index is 0.102. The summed E-state index contributed by atoms with van der Waals surface area (Å²) in [5.74, 6) is -0.460. The van der Waals surface area contributed by atoms with Gasteiger partial charge in [0.05, 0.1) is 5.69 Å². The van der Waals surface area contributed by atoms with Crippen molar-refractivity contribution in [3.05, 3.63) is 11.4 Å². The molecule has 1 rings (SSSR count). The Hall–Kier alpha value is -1.41. The van der Waals surface area contributed by atoms with Gasteiger partial charge >= 0.3 is 0 Å². The molecule has 0 bridgehead atoms. The third kappa shape index (κ3) is 3.57. The molecule has 1 unspecified atom stereocenters. The van der Waals surface area contributed by atoms with E-state index in [1.807, 2.05) is 20.8 Å². The molecule has 4 N–H and O–H groups in total. The summed E-state index contributed by atoms with van der Waals surface area (Å²) in [6, 6.07) is -0.102. The molecule has 1 aromatic heterocycles. The molecular formula is C12H22N4O3S. The van der Waals surface area contributed by atoms with Gasteiger partial charge in [-0.25, -0.2) is 13.6 Å². The molecule has 0 fully saturated rings. The van der Waals surface area contributed by atoms with Gasteiger partial charge in [0, 0.05) is 6.04 Å². The van der Waals surface area contributed by atoms with Crippen LogP contribution in [0.4, 0.5) is 0 Å². The maximum absolute atomic E-state index is 12.1. The van der Waals surface area contributed by atoms with Crippen LogP contribution in [-0.4, -0.2) is 30.6 Å². The summed E-state index contributed by atoms with van der Waals surface area (Å²) >= 11 is 0. The van der Waals surface area contributed by atoms with E-state index in [4.69, 9.17) is 5.14 Å². The van der Waals surface area contributed by atoms with Crippen LogP contribution in [-0.2, 0) is 10.0 Å². The van der Waals surface area contributed by atoms with E-state index in [1.165, 1.54) is 0 Å². The summed E-state index contributed by atoms with van der Waals surface area (Å²) in [5.41, 5.74) is 0.165. The zero-order chi connectivity index (χ0) is 15.7. The van der Waals surface area contributed by atoms with Crippen LogP contribution in [0.3, 0.4) is 0 Å². The van der Waals surface area contributed by atoms with E-state index in [1.54, 1.807) is 13.8 Å². The Morgan fingerprint density at radius 1 is 1.25 bits per heavy atom. The largest absolute Gasteiger partial charge is 0.348 e. The summed E-state index contributed by atoms with van der Waals surface area (Å²) in [4.78, 5) is 11.9. The van der Waals surface area contributed by atoms with Crippen molar-refractivity contribution in [2.75, 3.05) is 0 Å². The molecule has 0 spiro atoms. The zero-order valence-corrected chi connectivity index (χ0v) is 13.2. The van der Waals surface area contributed by atoms with Crippen LogP contribution in [0.2, 0.25) is 0 Å². The first-order valence-electron chi connectivity index (χ1n) is 6.47. The lowest BCUT2D eigenvalue weighted by atomic mass is 10.1. The van der Waals surface area contributed by atoms with E-state index in [0.717, 1.165) is 0 Å². The van der Waals surface area contributed by atoms with Crippen LogP contribution in [0.5, 0.6) is 0 Å². The first-order chi connectivity index (χ1) is 9.05. The summed E-state index contributed by atoms with van der Waals surface area (Å²) in [6.45, 7) is 9.34. The third-order valence-corrected chi connectivity index (χ3v) is 4.17. The highest BCUT2D eigenvalue weighted by molar-refractivity contribution is 7.89. The summed E-state index contributed by atoms with van der Waals surface area (Å²) in [6.07, 6.45) is 0. The Kier molecular flexibility index (Phi) is 4.93. The molecule has 0 aliphatic rings. The number of amides is 1. The van der Waals surface area contributed by atoms with Crippen LogP contribution >= 0.6 is 0 Å². The lowest BCUT2D eigenvalue weighted by molar-refractivity contribution is 0.0922. The van der Waals surface area contributed by atoms with Gasteiger partial charge in [-0.15, -0.1) is 0 Å². The first-order valence-corrected chi connectivity index (χ1v) is 8.02. The van der Waals surface area contributed by atoms with E-state index >= 15 is 0 Å². The smallest absolute Gasteiger partial charge is 0.273 e. The number of hydrogen-bond donors (Lipinski definition) is 3. The molecule has 8 heteroatoms. The Morgan fingerprint density at radius 2 is 1.80 bits per heavy atom. The van der Waals surface area contributed by atoms with Gasteiger partial charge in [0.1, 0.15) is 4.90 Å². The van der Waals surface area contributed by atoms with Crippen LogP contribution < -0.4 is 10.5 Å². The van der Waals surface area contributed by atoms with Gasteiger partial charge in [-0.1, -0.05) is 27.7 Å². The normalized spacial score (nSPS) is 13.8. The number of H-pyrrole nitrogens is 1. The van der Waals surface area contributed by atoms with Crippen molar-refractivity contribution < 1.29 is 13.2 Å². The fourth-order valence-corrected chi connectivity index (χ4v) is 2.62. The number of hydrogen-bond acceptors (Lipinski definition) is 4. The van der Waals surface area contributed by atoms with Crippen molar-refractivity contribution in [1.82, 2.24) is 15.5 Å². The number of aromatic nitrogens is 2. The van der Waals surface area contributed by atoms with E-state index in [0.29, 0.717) is 5.69 Å². The van der Waals surface area contributed by atoms with Gasteiger partial charge < -0.3 is 5.32 Å². The summed E-state index contributed by atoms with van der Waals surface area (Å²) in [7, 11) is -4.02. The van der Waals surface area contributed by atoms with Gasteiger partial charge in [-0.05, 0) is 18.8 Å². The molecule has 1 atom stereocenters. The Labute approximate surface area is 119 Å². The van der Waals surface area contributed by atoms with Crippen LogP contribution in [0.1, 0.15) is 56.7 Å². The minimum Gasteiger partial charge on any atom is -0.348 e. The van der Waals surface area contributed by atoms with E-state index < -0.39 is 15.9 Å². The molecule has 114 valence electrons. The number of rotatable bonds is 5. The van der Waals surface area contributed by atoms with Crippen LogP contribution in [0, 0.1) is 5.92 Å². The van der Waals surface area contributed by atoms with Crippen molar-refractivity contribution in [3.8, 4) is 0 Å². The fraction of sp³-hybridized carbons (Fsp3) is 0.667. The number of carbonyl (C=O) groups is 1. The maximum Gasteiger partial charge on any atom is 0.273 e. The summed E-state index contributed by atoms with van der Waals surface area (Å²) < 4.78 is 23.4. The minimum atomic E-state index is -4.02. The van der Waals surface area contributed by atoms with Crippen molar-refractivity contribution in [2.24, 2.45) is 11.1 Å². The number of primary sulfonamides is 1. The van der Waals surface area contributed by atoms with Gasteiger partial charge in [-0.3, -0.25) is 9.89 Å². The monoisotopic (exact) mass is 302 g/mol. The zero-order valence-electron chi connectivity index (χ0n) is 12.4. The molecule has 20 heavy (non-hydrogen) atoms. The van der Waals surface area contributed by atoms with Crippen molar-refractivity contribution in [2.45, 2.75) is 51.5 Å². The number of nitrogens with one attached hydrogen (secondary N) is 2. The molecule has 1 aromatic rings. The second kappa shape index (κ2) is 5.92. The van der Waals surface area contributed by atoms with Gasteiger partial charge in [0.25, 0.3) is 5.91 Å². The topological polar surface area (TPSA) is 118 Å². The van der Waals surface area contributed by atoms with Crippen LogP contribution in [0.15, 0.2) is 4.90 Å². The predicted molar refractivity (Wildman–Crippen MR) is 75.8 cm³/mol. The Bertz CT molecular complexity index is 590. The predicted octanol–water partition coefficient (Wildman–Crippen LogP) is 0.955. The fourth-order valence-electron chi connectivity index (χ4n) is 1.62. The standard InChI is InChI=1S/C12H22N4O3S/c1-6(2)8(5)14-12(17)10-11(20(13,18)19)9(7(3)4)15-16-10/h6-8H,1-5H3,(H,14,17)(H,15,16)(H2,13,18,19). The van der Waals surface area contributed by atoms with Crippen molar-refractivity contribution >= 4 is 15.9 Å². The molecule has 0 aromatic carbocycles. The molecule has 1 heterocycles. The lowest BCUT2D eigenvalue weighted by Gasteiger charge is -2.16. The summed E-state index contributed by atoms with van der Waals surface area (Å²) in [5, 5.41) is 14.3. The number of nitrogens with zero attached hydrogens (tertiary/aromatic N) is 1. The maximum atomic E-state index is 12.1. The molecule has 1 amide bonds. The van der Waals surface area contributed by atoms with Crippen LogP contribution in [0.25, 0.3) is 0 Å². The number of sulfonamides is 1. The van der Waals surface area contributed by atoms with Gasteiger partial charge in [0.2, 0.25) is 10.0 Å². The lowest BCUT2D eigenvalue weighted by Crippen LogP contribution is -2.37. The second-order valence-electron chi connectivity index (χ2n) is 5.52. The first kappa shape index (κ1) is 16.6. The number of nitrogens with two attached hydrogens (primary N) is 1. The average molecular weight is 302 g/mol. The van der Waals surface area contributed by atoms with E-state index in [9.17, 15) is 13.2 Å². The second-order valence-corrected chi connectivity index (χ2v) is 7.02. The van der Waals surface area contributed by atoms with Gasteiger partial charge in [-0.2, -0.15) is 5.10 Å². The molecular weight excluding hydrogens is 280 g/mol. The van der Waals surface area contributed by atoms with Crippen molar-refractivity contribution in [3.63, 3.8) is 0 Å². The van der Waals surface area contributed by atoms with Crippen molar-refractivity contribution in [1.29, 1.82) is 0 Å². The molecule has 0 radical (unpaired) electrons. The Balaban J connectivity index is 3.23. The number of aromatic amines is 1. The van der Waals surface area contributed by atoms with E-state index in [-0.39, 0.29) is 28.5 Å². The highest BCUT2D eigenvalue weighted by Crippen LogP contribution is 2.23. The molecule has 0 saturated heterocycles. The van der Waals surface area contributed by atoms with Gasteiger partial charge in [0.15, 0.2) is 5.69 Å². The molecule has 0 aliphatic carbocycles. The van der Waals surface area contributed by atoms with E-state index in [2.05, 4.69) is 15.5 Å². The Morgan fingerprint density at radius 3 is 2.20 bits per heavy atom. The molecule has 0 saturated carbocycles. The molecule has 7 nitrogen and oxygen atoms in total. The highest BCUT2D eigenvalue weighted by atomic mass is 32.2. The SMILES string of the molecule is CC(C)c1[nH]nc(C(=O)NC(C)C(C)C)c1S(N)(=O)=O. The highest BCUT2D eigenvalue weighted by Gasteiger charge is 2.29. The third-order valence-electron chi connectivity index (χ3n) is 3.18. The number of carbonyl (C=O) groups excluding carboxylic acids is 1. The quantitative estimate of drug-likeness (QED) is 0.750. The molecule has 0 aliphatic heterocycles.